The average Bonchev–Trinajstić information content (AvgIpc) is 3.14. The highest BCUT2D eigenvalue weighted by atomic mass is 32.2. The summed E-state index contributed by atoms with van der Waals surface area (Å²) in [6.07, 6.45) is 1.09. The van der Waals surface area contributed by atoms with Gasteiger partial charge in [-0.25, -0.2) is 0 Å². The van der Waals surface area contributed by atoms with Gasteiger partial charge in [0.05, 0.1) is 0 Å². The van der Waals surface area contributed by atoms with Gasteiger partial charge in [0.1, 0.15) is 0 Å². The van der Waals surface area contributed by atoms with Crippen LogP contribution in [0.5, 0.6) is 0 Å². The number of thiophene rings is 1. The van der Waals surface area contributed by atoms with Crippen LogP contribution in [0.25, 0.3) is 0 Å². The molecule has 2 amide bonds. The summed E-state index contributed by atoms with van der Waals surface area (Å²) in [5, 5.41) is 9.44. The van der Waals surface area contributed by atoms with Gasteiger partial charge in [0.15, 0.2) is 0 Å². The molecular formula is C19H24N2O2S2. The monoisotopic (exact) mass is 376 g/mol. The smallest absolute Gasteiger partial charge is 0.252 e. The van der Waals surface area contributed by atoms with E-state index in [2.05, 4.69) is 41.8 Å². The highest BCUT2D eigenvalue weighted by molar-refractivity contribution is 7.98. The molecule has 0 fully saturated rings. The minimum atomic E-state index is -0.0748. The first-order valence-corrected chi connectivity index (χ1v) is 10.5. The van der Waals surface area contributed by atoms with E-state index in [-0.39, 0.29) is 11.8 Å². The number of rotatable bonds is 10. The largest absolute Gasteiger partial charge is 0.355 e. The third kappa shape index (κ3) is 7.75. The van der Waals surface area contributed by atoms with Crippen molar-refractivity contribution in [3.05, 3.63) is 57.8 Å². The molecule has 0 bridgehead atoms. The van der Waals surface area contributed by atoms with Crippen molar-refractivity contribution < 1.29 is 9.59 Å². The number of benzene rings is 1. The van der Waals surface area contributed by atoms with Gasteiger partial charge in [-0.15, -0.1) is 0 Å². The molecule has 0 spiro atoms. The van der Waals surface area contributed by atoms with Crippen LogP contribution in [0.2, 0.25) is 0 Å². The minimum absolute atomic E-state index is 0.0423. The van der Waals surface area contributed by atoms with Gasteiger partial charge in [0.25, 0.3) is 5.91 Å². The Kier molecular flexibility index (Phi) is 8.55. The van der Waals surface area contributed by atoms with Gasteiger partial charge >= 0.3 is 0 Å². The number of aryl methyl sites for hydroxylation is 1. The molecule has 0 aliphatic carbocycles. The van der Waals surface area contributed by atoms with Crippen molar-refractivity contribution in [3.63, 3.8) is 0 Å². The van der Waals surface area contributed by atoms with Crippen LogP contribution in [0.1, 0.15) is 34.3 Å². The first-order valence-electron chi connectivity index (χ1n) is 8.35. The highest BCUT2D eigenvalue weighted by Gasteiger charge is 2.05. The Morgan fingerprint density at radius 1 is 1.08 bits per heavy atom. The number of amides is 2. The van der Waals surface area contributed by atoms with Gasteiger partial charge in [0.2, 0.25) is 5.91 Å². The van der Waals surface area contributed by atoms with Gasteiger partial charge < -0.3 is 10.6 Å². The Hall–Kier alpha value is -1.79. The Labute approximate surface area is 157 Å². The first-order chi connectivity index (χ1) is 12.1. The van der Waals surface area contributed by atoms with Crippen LogP contribution in [0.3, 0.4) is 0 Å². The lowest BCUT2D eigenvalue weighted by atomic mass is 10.2. The number of carbonyl (C=O) groups excluding carboxylic acids is 2. The maximum Gasteiger partial charge on any atom is 0.252 e. The molecule has 0 saturated heterocycles. The van der Waals surface area contributed by atoms with E-state index in [0.29, 0.717) is 31.5 Å². The average molecular weight is 377 g/mol. The lowest BCUT2D eigenvalue weighted by molar-refractivity contribution is -0.121. The van der Waals surface area contributed by atoms with Gasteiger partial charge in [-0.05, 0) is 30.4 Å². The highest BCUT2D eigenvalue weighted by Crippen LogP contribution is 2.12. The summed E-state index contributed by atoms with van der Waals surface area (Å²) in [5.41, 5.74) is 3.26. The van der Waals surface area contributed by atoms with Gasteiger partial charge in [-0.2, -0.15) is 23.1 Å². The third-order valence-corrected chi connectivity index (χ3v) is 5.32. The summed E-state index contributed by atoms with van der Waals surface area (Å²) < 4.78 is 0. The van der Waals surface area contributed by atoms with Crippen LogP contribution in [0.15, 0.2) is 41.1 Å². The second-order valence-corrected chi connectivity index (χ2v) is 7.64. The molecule has 2 rings (SSSR count). The van der Waals surface area contributed by atoms with E-state index in [0.717, 1.165) is 11.5 Å². The third-order valence-electron chi connectivity index (χ3n) is 3.61. The van der Waals surface area contributed by atoms with E-state index in [1.54, 1.807) is 6.07 Å². The van der Waals surface area contributed by atoms with E-state index in [1.807, 2.05) is 22.5 Å². The van der Waals surface area contributed by atoms with Crippen molar-refractivity contribution in [2.24, 2.45) is 0 Å². The molecule has 2 aromatic rings. The molecule has 1 aromatic carbocycles. The van der Waals surface area contributed by atoms with Crippen LogP contribution in [0, 0.1) is 6.92 Å². The number of nitrogens with one attached hydrogen (secondary N) is 2. The zero-order valence-corrected chi connectivity index (χ0v) is 16.1. The predicted molar refractivity (Wildman–Crippen MR) is 106 cm³/mol. The van der Waals surface area contributed by atoms with Crippen molar-refractivity contribution in [3.8, 4) is 0 Å². The fraction of sp³-hybridized carbons (Fsp3) is 0.368. The molecule has 0 aliphatic heterocycles. The van der Waals surface area contributed by atoms with Crippen LogP contribution in [0.4, 0.5) is 0 Å². The van der Waals surface area contributed by atoms with Gasteiger partial charge in [0, 0.05) is 42.0 Å². The lowest BCUT2D eigenvalue weighted by Gasteiger charge is -2.06. The van der Waals surface area contributed by atoms with Crippen molar-refractivity contribution in [2.45, 2.75) is 25.5 Å². The maximum absolute atomic E-state index is 11.8. The lowest BCUT2D eigenvalue weighted by Crippen LogP contribution is -2.28. The zero-order chi connectivity index (χ0) is 17.9. The number of hydrogen-bond donors (Lipinski definition) is 2. The van der Waals surface area contributed by atoms with Gasteiger partial charge in [-0.3, -0.25) is 9.59 Å². The summed E-state index contributed by atoms with van der Waals surface area (Å²) in [4.78, 5) is 23.5. The molecule has 1 heterocycles. The van der Waals surface area contributed by atoms with Crippen molar-refractivity contribution in [1.29, 1.82) is 0 Å². The topological polar surface area (TPSA) is 58.2 Å². The molecule has 1 aromatic heterocycles. The van der Waals surface area contributed by atoms with E-state index in [9.17, 15) is 9.59 Å². The standard InChI is InChI=1S/C19H24N2O2S2/c1-15-4-6-16(7-5-15)13-25-12-10-20-18(22)3-2-9-21-19(23)17-8-11-24-14-17/h4-8,11,14H,2-3,9-10,12-13H2,1H3,(H,20,22)(H,21,23). The van der Waals surface area contributed by atoms with Crippen molar-refractivity contribution in [2.75, 3.05) is 18.8 Å². The maximum atomic E-state index is 11.8. The number of carbonyl (C=O) groups is 2. The Morgan fingerprint density at radius 3 is 2.60 bits per heavy atom. The molecule has 134 valence electrons. The summed E-state index contributed by atoms with van der Waals surface area (Å²) in [6, 6.07) is 10.3. The van der Waals surface area contributed by atoms with E-state index in [4.69, 9.17) is 0 Å². The first kappa shape index (κ1) is 19.5. The fourth-order valence-corrected chi connectivity index (χ4v) is 3.63. The van der Waals surface area contributed by atoms with Crippen LogP contribution < -0.4 is 10.6 Å². The van der Waals surface area contributed by atoms with Gasteiger partial charge in [-0.1, -0.05) is 29.8 Å². The summed E-state index contributed by atoms with van der Waals surface area (Å²) in [6.45, 7) is 3.28. The Bertz CT molecular complexity index is 655. The van der Waals surface area contributed by atoms with Crippen LogP contribution >= 0.6 is 23.1 Å². The summed E-state index contributed by atoms with van der Waals surface area (Å²) in [7, 11) is 0. The van der Waals surface area contributed by atoms with E-state index < -0.39 is 0 Å². The second-order valence-electron chi connectivity index (χ2n) is 5.76. The quantitative estimate of drug-likeness (QED) is 0.623. The molecule has 0 saturated carbocycles. The number of hydrogen-bond acceptors (Lipinski definition) is 4. The second kappa shape index (κ2) is 10.9. The number of thioether (sulfide) groups is 1. The van der Waals surface area contributed by atoms with Crippen molar-refractivity contribution in [1.82, 2.24) is 10.6 Å². The van der Waals surface area contributed by atoms with Crippen molar-refractivity contribution >= 4 is 34.9 Å². The molecule has 2 N–H and O–H groups in total. The normalized spacial score (nSPS) is 10.4. The molecule has 0 aliphatic rings. The molecule has 0 atom stereocenters. The molecule has 0 radical (unpaired) electrons. The molecular weight excluding hydrogens is 352 g/mol. The SMILES string of the molecule is Cc1ccc(CSCCNC(=O)CCCNC(=O)c2ccsc2)cc1. The summed E-state index contributed by atoms with van der Waals surface area (Å²) >= 11 is 3.31. The molecule has 25 heavy (non-hydrogen) atoms. The predicted octanol–water partition coefficient (Wildman–Crippen LogP) is 3.62. The summed E-state index contributed by atoms with van der Waals surface area (Å²) in [5.74, 6) is 1.83. The van der Waals surface area contributed by atoms with E-state index in [1.165, 1.54) is 22.5 Å². The Morgan fingerprint density at radius 2 is 1.88 bits per heavy atom. The van der Waals surface area contributed by atoms with E-state index >= 15 is 0 Å². The fourth-order valence-electron chi connectivity index (χ4n) is 2.17. The van der Waals surface area contributed by atoms with Crippen LogP contribution in [-0.4, -0.2) is 30.7 Å². The Balaban J connectivity index is 1.47. The van der Waals surface area contributed by atoms with Crippen LogP contribution in [-0.2, 0) is 10.5 Å². The zero-order valence-electron chi connectivity index (χ0n) is 14.4. The molecule has 6 heteroatoms. The molecule has 0 unspecified atom stereocenters. The molecule has 4 nitrogen and oxygen atoms in total. The minimum Gasteiger partial charge on any atom is -0.355 e.